The second-order valence-electron chi connectivity index (χ2n) is 2.85. The Balaban J connectivity index is 2.54. The zero-order valence-electron chi connectivity index (χ0n) is 7.40. The van der Waals surface area contributed by atoms with E-state index >= 15 is 0 Å². The number of aromatic nitrogens is 1. The second-order valence-corrected chi connectivity index (χ2v) is 2.85. The molecule has 3 nitrogen and oxygen atoms in total. The lowest BCUT2D eigenvalue weighted by Gasteiger charge is -2.00. The van der Waals surface area contributed by atoms with Crippen molar-refractivity contribution >= 4 is 0 Å². The summed E-state index contributed by atoms with van der Waals surface area (Å²) in [6.45, 7) is 0.212. The van der Waals surface area contributed by atoms with Crippen molar-refractivity contribution in [3.8, 4) is 11.1 Å². The summed E-state index contributed by atoms with van der Waals surface area (Å²) >= 11 is 0. The minimum Gasteiger partial charge on any atom is -0.359 e. The van der Waals surface area contributed by atoms with Gasteiger partial charge in [0.25, 0.3) is 0 Å². The maximum absolute atomic E-state index is 13.4. The summed E-state index contributed by atoms with van der Waals surface area (Å²) in [5, 5.41) is 3.59. The molecular formula is C10H9FN2O. The van der Waals surface area contributed by atoms with Crippen LogP contribution in [0.25, 0.3) is 11.1 Å². The highest BCUT2D eigenvalue weighted by atomic mass is 19.1. The van der Waals surface area contributed by atoms with Crippen molar-refractivity contribution in [1.82, 2.24) is 5.16 Å². The maximum Gasteiger partial charge on any atom is 0.158 e. The molecule has 1 aromatic heterocycles. The van der Waals surface area contributed by atoms with Gasteiger partial charge in [0.15, 0.2) is 5.76 Å². The van der Waals surface area contributed by atoms with Crippen molar-refractivity contribution in [1.29, 1.82) is 0 Å². The number of hydrogen-bond acceptors (Lipinski definition) is 3. The quantitative estimate of drug-likeness (QED) is 0.791. The van der Waals surface area contributed by atoms with Gasteiger partial charge in [0.1, 0.15) is 5.82 Å². The summed E-state index contributed by atoms with van der Waals surface area (Å²) in [4.78, 5) is 0. The third kappa shape index (κ3) is 1.40. The highest BCUT2D eigenvalue weighted by molar-refractivity contribution is 5.64. The highest BCUT2D eigenvalue weighted by Crippen LogP contribution is 2.25. The third-order valence-electron chi connectivity index (χ3n) is 1.99. The predicted octanol–water partition coefficient (Wildman–Crippen LogP) is 1.94. The second kappa shape index (κ2) is 3.59. The molecule has 14 heavy (non-hydrogen) atoms. The molecule has 0 bridgehead atoms. The van der Waals surface area contributed by atoms with Crippen molar-refractivity contribution in [2.75, 3.05) is 0 Å². The molecule has 0 spiro atoms. The first-order chi connectivity index (χ1) is 6.83. The van der Waals surface area contributed by atoms with Crippen molar-refractivity contribution in [3.05, 3.63) is 42.0 Å². The van der Waals surface area contributed by atoms with Gasteiger partial charge in [0.2, 0.25) is 0 Å². The van der Waals surface area contributed by atoms with E-state index < -0.39 is 0 Å². The molecule has 0 saturated carbocycles. The van der Waals surface area contributed by atoms with E-state index in [-0.39, 0.29) is 12.4 Å². The first-order valence-electron chi connectivity index (χ1n) is 4.21. The molecule has 0 aliphatic rings. The zero-order valence-corrected chi connectivity index (χ0v) is 7.40. The normalized spacial score (nSPS) is 10.4. The van der Waals surface area contributed by atoms with Gasteiger partial charge in [-0.05, 0) is 6.07 Å². The SMILES string of the molecule is NCc1oncc1-c1ccccc1F. The average molecular weight is 192 g/mol. The fraction of sp³-hybridized carbons (Fsp3) is 0.100. The first-order valence-corrected chi connectivity index (χ1v) is 4.21. The van der Waals surface area contributed by atoms with Crippen molar-refractivity contribution in [3.63, 3.8) is 0 Å². The number of halogens is 1. The van der Waals surface area contributed by atoms with Crippen LogP contribution in [0.2, 0.25) is 0 Å². The van der Waals surface area contributed by atoms with E-state index in [1.54, 1.807) is 18.2 Å². The van der Waals surface area contributed by atoms with Crippen molar-refractivity contribution in [2.24, 2.45) is 5.73 Å². The molecule has 2 N–H and O–H groups in total. The van der Waals surface area contributed by atoms with Gasteiger partial charge < -0.3 is 10.3 Å². The van der Waals surface area contributed by atoms with Gasteiger partial charge in [-0.15, -0.1) is 0 Å². The fourth-order valence-corrected chi connectivity index (χ4v) is 1.31. The molecule has 0 aliphatic heterocycles. The van der Waals surface area contributed by atoms with Gasteiger partial charge in [-0.25, -0.2) is 4.39 Å². The topological polar surface area (TPSA) is 52.0 Å². The van der Waals surface area contributed by atoms with Gasteiger partial charge >= 0.3 is 0 Å². The monoisotopic (exact) mass is 192 g/mol. The van der Waals surface area contributed by atoms with Gasteiger partial charge in [-0.1, -0.05) is 23.4 Å². The highest BCUT2D eigenvalue weighted by Gasteiger charge is 2.11. The van der Waals surface area contributed by atoms with E-state index in [4.69, 9.17) is 10.3 Å². The smallest absolute Gasteiger partial charge is 0.158 e. The molecule has 0 amide bonds. The Morgan fingerprint density at radius 3 is 2.79 bits per heavy atom. The summed E-state index contributed by atoms with van der Waals surface area (Å²) in [6, 6.07) is 6.45. The summed E-state index contributed by atoms with van der Waals surface area (Å²) < 4.78 is 18.2. The van der Waals surface area contributed by atoms with E-state index in [1.165, 1.54) is 12.3 Å². The average Bonchev–Trinajstić information content (AvgIpc) is 2.66. The van der Waals surface area contributed by atoms with Gasteiger partial charge in [0, 0.05) is 11.1 Å². The minimum absolute atomic E-state index is 0.212. The first kappa shape index (κ1) is 8.90. The molecule has 0 atom stereocenters. The molecule has 1 heterocycles. The van der Waals surface area contributed by atoms with Gasteiger partial charge in [-0.3, -0.25) is 0 Å². The number of rotatable bonds is 2. The van der Waals surface area contributed by atoms with Crippen LogP contribution in [0.5, 0.6) is 0 Å². The molecule has 2 rings (SSSR count). The van der Waals surface area contributed by atoms with E-state index in [9.17, 15) is 4.39 Å². The molecule has 0 radical (unpaired) electrons. The van der Waals surface area contributed by atoms with Crippen molar-refractivity contribution < 1.29 is 8.91 Å². The fourth-order valence-electron chi connectivity index (χ4n) is 1.31. The lowest BCUT2D eigenvalue weighted by atomic mass is 10.1. The maximum atomic E-state index is 13.4. The zero-order chi connectivity index (χ0) is 9.97. The number of benzene rings is 1. The number of nitrogens with two attached hydrogens (primary N) is 1. The molecule has 4 heteroatoms. The molecule has 72 valence electrons. The number of hydrogen-bond donors (Lipinski definition) is 1. The summed E-state index contributed by atoms with van der Waals surface area (Å²) in [7, 11) is 0. The van der Waals surface area contributed by atoms with E-state index in [0.717, 1.165) is 0 Å². The van der Waals surface area contributed by atoms with E-state index in [0.29, 0.717) is 16.9 Å². The van der Waals surface area contributed by atoms with Crippen LogP contribution >= 0.6 is 0 Å². The molecule has 0 saturated heterocycles. The van der Waals surface area contributed by atoms with Crippen LogP contribution in [0.15, 0.2) is 35.0 Å². The Morgan fingerprint density at radius 1 is 1.29 bits per heavy atom. The number of nitrogens with zero attached hydrogens (tertiary/aromatic N) is 1. The van der Waals surface area contributed by atoms with E-state index in [1.807, 2.05) is 0 Å². The molecule has 0 fully saturated rings. The summed E-state index contributed by atoms with van der Waals surface area (Å²) in [5.41, 5.74) is 6.51. The lowest BCUT2D eigenvalue weighted by molar-refractivity contribution is 0.385. The Kier molecular flexibility index (Phi) is 2.28. The summed E-state index contributed by atoms with van der Waals surface area (Å²) in [6.07, 6.45) is 1.47. The van der Waals surface area contributed by atoms with Gasteiger partial charge in [0.05, 0.1) is 12.7 Å². The van der Waals surface area contributed by atoms with E-state index in [2.05, 4.69) is 5.16 Å². The van der Waals surface area contributed by atoms with Crippen LogP contribution in [0.3, 0.4) is 0 Å². The predicted molar refractivity (Wildman–Crippen MR) is 49.8 cm³/mol. The molecular weight excluding hydrogens is 183 g/mol. The van der Waals surface area contributed by atoms with Crippen LogP contribution in [-0.4, -0.2) is 5.16 Å². The van der Waals surface area contributed by atoms with Gasteiger partial charge in [-0.2, -0.15) is 0 Å². The molecule has 2 aromatic rings. The molecule has 0 unspecified atom stereocenters. The van der Waals surface area contributed by atoms with Crippen LogP contribution in [0.4, 0.5) is 4.39 Å². The Labute approximate surface area is 80.3 Å². The van der Waals surface area contributed by atoms with Crippen LogP contribution < -0.4 is 5.73 Å². The minimum atomic E-state index is -0.301. The Hall–Kier alpha value is -1.68. The Bertz CT molecular complexity index is 439. The van der Waals surface area contributed by atoms with Crippen LogP contribution in [0, 0.1) is 5.82 Å². The third-order valence-corrected chi connectivity index (χ3v) is 1.99. The summed E-state index contributed by atoms with van der Waals surface area (Å²) in [5.74, 6) is 0.195. The van der Waals surface area contributed by atoms with Crippen molar-refractivity contribution in [2.45, 2.75) is 6.54 Å². The largest absolute Gasteiger partial charge is 0.359 e. The molecule has 1 aromatic carbocycles. The molecule has 0 aliphatic carbocycles. The lowest BCUT2D eigenvalue weighted by Crippen LogP contribution is -1.96. The standard InChI is InChI=1S/C10H9FN2O/c11-9-4-2-1-3-7(9)8-6-13-14-10(8)5-12/h1-4,6H,5,12H2. The van der Waals surface area contributed by atoms with Crippen LogP contribution in [-0.2, 0) is 6.54 Å². The van der Waals surface area contributed by atoms with Crippen LogP contribution in [0.1, 0.15) is 5.76 Å². The Morgan fingerprint density at radius 2 is 2.07 bits per heavy atom.